The zero-order valence-electron chi connectivity index (χ0n) is 20.9. The SMILES string of the molecule is CCn1nc(-c2ccccc2)cc1-c1ccc2c(c1)cc(-c1c(F)cccc1F)n2S(=O)(=O)c1ccccc1. The van der Waals surface area contributed by atoms with Gasteiger partial charge in [0, 0.05) is 23.1 Å². The van der Waals surface area contributed by atoms with E-state index in [2.05, 4.69) is 0 Å². The first-order chi connectivity index (χ1) is 18.9. The van der Waals surface area contributed by atoms with E-state index in [0.717, 1.165) is 38.6 Å². The van der Waals surface area contributed by atoms with Crippen molar-refractivity contribution >= 4 is 20.9 Å². The summed E-state index contributed by atoms with van der Waals surface area (Å²) in [6.07, 6.45) is 0. The molecule has 0 saturated heterocycles. The molecule has 5 nitrogen and oxygen atoms in total. The van der Waals surface area contributed by atoms with Gasteiger partial charge in [0.05, 0.1) is 33.1 Å². The average Bonchev–Trinajstić information content (AvgIpc) is 3.56. The predicted molar refractivity (Wildman–Crippen MR) is 149 cm³/mol. The molecule has 39 heavy (non-hydrogen) atoms. The molecule has 0 bridgehead atoms. The minimum Gasteiger partial charge on any atom is -0.265 e. The molecule has 0 fully saturated rings. The summed E-state index contributed by atoms with van der Waals surface area (Å²) in [6.45, 7) is 2.61. The number of hydrogen-bond donors (Lipinski definition) is 0. The molecule has 0 aliphatic heterocycles. The fourth-order valence-corrected chi connectivity index (χ4v) is 6.40. The molecule has 0 amide bonds. The number of halogens is 2. The van der Waals surface area contributed by atoms with Crippen molar-refractivity contribution in [3.05, 3.63) is 121 Å². The van der Waals surface area contributed by atoms with Crippen LogP contribution in [0.15, 0.2) is 114 Å². The lowest BCUT2D eigenvalue weighted by molar-refractivity contribution is 0.583. The zero-order valence-corrected chi connectivity index (χ0v) is 21.7. The van der Waals surface area contributed by atoms with Crippen LogP contribution in [0.1, 0.15) is 6.92 Å². The van der Waals surface area contributed by atoms with Gasteiger partial charge in [0.1, 0.15) is 11.6 Å². The van der Waals surface area contributed by atoms with Crippen LogP contribution in [-0.2, 0) is 16.6 Å². The van der Waals surface area contributed by atoms with Gasteiger partial charge in [0.25, 0.3) is 10.0 Å². The standard InChI is InChI=1S/C31H23F2N3O2S/c1-2-35-29(20-27(34-35)21-10-5-3-6-11-21)22-16-17-28-23(18-22)19-30(31-25(32)14-9-15-26(31)33)36(28)39(37,38)24-12-7-4-8-13-24/h3-20H,2H2,1H3. The molecule has 6 aromatic rings. The van der Waals surface area contributed by atoms with E-state index in [1.165, 1.54) is 24.3 Å². The molecule has 0 saturated carbocycles. The number of benzene rings is 4. The van der Waals surface area contributed by atoms with E-state index in [1.807, 2.05) is 54.1 Å². The maximum Gasteiger partial charge on any atom is 0.268 e. The van der Waals surface area contributed by atoms with E-state index >= 15 is 0 Å². The second kappa shape index (κ2) is 9.63. The van der Waals surface area contributed by atoms with Crippen LogP contribution in [0.2, 0.25) is 0 Å². The smallest absolute Gasteiger partial charge is 0.265 e. The monoisotopic (exact) mass is 539 g/mol. The van der Waals surface area contributed by atoms with Gasteiger partial charge in [0.15, 0.2) is 0 Å². The fourth-order valence-electron chi connectivity index (χ4n) is 4.86. The summed E-state index contributed by atoms with van der Waals surface area (Å²) < 4.78 is 60.6. The maximum atomic E-state index is 15.0. The Morgan fingerprint density at radius 3 is 2.05 bits per heavy atom. The number of hydrogen-bond acceptors (Lipinski definition) is 3. The number of aryl methyl sites for hydroxylation is 1. The molecule has 8 heteroatoms. The van der Waals surface area contributed by atoms with Crippen LogP contribution in [-0.4, -0.2) is 22.2 Å². The first-order valence-corrected chi connectivity index (χ1v) is 13.9. The molecule has 0 radical (unpaired) electrons. The molecule has 0 spiro atoms. The Labute approximate surface area is 224 Å². The maximum absolute atomic E-state index is 15.0. The first-order valence-electron chi connectivity index (χ1n) is 12.4. The first kappa shape index (κ1) is 24.8. The molecule has 6 rings (SSSR count). The molecule has 194 valence electrons. The third-order valence-electron chi connectivity index (χ3n) is 6.70. The van der Waals surface area contributed by atoms with Crippen molar-refractivity contribution in [2.24, 2.45) is 0 Å². The van der Waals surface area contributed by atoms with Crippen LogP contribution in [0.3, 0.4) is 0 Å². The lowest BCUT2D eigenvalue weighted by atomic mass is 10.1. The van der Waals surface area contributed by atoms with Crippen molar-refractivity contribution in [3.63, 3.8) is 0 Å². The fraction of sp³-hybridized carbons (Fsp3) is 0.0645. The van der Waals surface area contributed by atoms with Gasteiger partial charge in [-0.1, -0.05) is 60.7 Å². The van der Waals surface area contributed by atoms with Gasteiger partial charge in [0.2, 0.25) is 0 Å². The van der Waals surface area contributed by atoms with Gasteiger partial charge < -0.3 is 0 Å². The predicted octanol–water partition coefficient (Wildman–Crippen LogP) is 7.37. The van der Waals surface area contributed by atoms with Gasteiger partial charge in [-0.15, -0.1) is 0 Å². The second-order valence-corrected chi connectivity index (χ2v) is 10.9. The van der Waals surface area contributed by atoms with E-state index in [9.17, 15) is 17.2 Å². The van der Waals surface area contributed by atoms with Crippen LogP contribution in [0.4, 0.5) is 8.78 Å². The Morgan fingerprint density at radius 1 is 0.718 bits per heavy atom. The van der Waals surface area contributed by atoms with Gasteiger partial charge in [-0.3, -0.25) is 4.68 Å². The molecule has 2 aromatic heterocycles. The van der Waals surface area contributed by atoms with Crippen LogP contribution in [0.25, 0.3) is 44.7 Å². The van der Waals surface area contributed by atoms with Gasteiger partial charge >= 0.3 is 0 Å². The average molecular weight is 540 g/mol. The molecular formula is C31H23F2N3O2S. The molecule has 2 heterocycles. The van der Waals surface area contributed by atoms with Crippen molar-refractivity contribution < 1.29 is 17.2 Å². The van der Waals surface area contributed by atoms with E-state index < -0.39 is 27.2 Å². The largest absolute Gasteiger partial charge is 0.268 e. The van der Waals surface area contributed by atoms with Crippen LogP contribution in [0, 0.1) is 11.6 Å². The Bertz CT molecular complexity index is 1910. The highest BCUT2D eigenvalue weighted by molar-refractivity contribution is 7.90. The van der Waals surface area contributed by atoms with Crippen molar-refractivity contribution in [1.82, 2.24) is 13.8 Å². The van der Waals surface area contributed by atoms with Crippen LogP contribution >= 0.6 is 0 Å². The van der Waals surface area contributed by atoms with Crippen molar-refractivity contribution in [1.29, 1.82) is 0 Å². The number of rotatable bonds is 6. The minimum absolute atomic E-state index is 0.0149. The molecular weight excluding hydrogens is 516 g/mol. The molecule has 0 atom stereocenters. The molecule has 0 aliphatic rings. The van der Waals surface area contributed by atoms with Gasteiger partial charge in [-0.2, -0.15) is 5.10 Å². The highest BCUT2D eigenvalue weighted by Gasteiger charge is 2.27. The summed E-state index contributed by atoms with van der Waals surface area (Å²) in [5.74, 6) is -1.70. The third kappa shape index (κ3) is 4.23. The summed E-state index contributed by atoms with van der Waals surface area (Å²) in [5.41, 5.74) is 3.25. The summed E-state index contributed by atoms with van der Waals surface area (Å²) in [4.78, 5) is 0.0149. The van der Waals surface area contributed by atoms with E-state index in [-0.39, 0.29) is 10.6 Å². The summed E-state index contributed by atoms with van der Waals surface area (Å²) in [5, 5.41) is 5.27. The highest BCUT2D eigenvalue weighted by Crippen LogP contribution is 2.37. The molecule has 0 aliphatic carbocycles. The second-order valence-electron chi connectivity index (χ2n) is 9.08. The van der Waals surface area contributed by atoms with Crippen LogP contribution < -0.4 is 0 Å². The molecule has 4 aromatic carbocycles. The van der Waals surface area contributed by atoms with E-state index in [1.54, 1.807) is 30.3 Å². The molecule has 0 N–H and O–H groups in total. The van der Waals surface area contributed by atoms with E-state index in [0.29, 0.717) is 17.4 Å². The van der Waals surface area contributed by atoms with Crippen LogP contribution in [0.5, 0.6) is 0 Å². The lowest BCUT2D eigenvalue weighted by Crippen LogP contribution is -2.14. The Morgan fingerprint density at radius 2 is 1.38 bits per heavy atom. The molecule has 0 unspecified atom stereocenters. The van der Waals surface area contributed by atoms with E-state index in [4.69, 9.17) is 5.10 Å². The summed E-state index contributed by atoms with van der Waals surface area (Å²) in [7, 11) is -4.19. The Hall–Kier alpha value is -4.56. The lowest BCUT2D eigenvalue weighted by Gasteiger charge is -2.13. The number of fused-ring (bicyclic) bond motifs is 1. The van der Waals surface area contributed by atoms with Gasteiger partial charge in [-0.25, -0.2) is 21.2 Å². The quantitative estimate of drug-likeness (QED) is 0.222. The summed E-state index contributed by atoms with van der Waals surface area (Å²) >= 11 is 0. The van der Waals surface area contributed by atoms with Crippen molar-refractivity contribution in [2.75, 3.05) is 0 Å². The minimum atomic E-state index is -4.19. The Kier molecular flexibility index (Phi) is 6.12. The van der Waals surface area contributed by atoms with Gasteiger partial charge in [-0.05, 0) is 55.5 Å². The normalized spacial score (nSPS) is 11.8. The summed E-state index contributed by atoms with van der Waals surface area (Å²) in [6, 6.07) is 29.9. The number of nitrogens with zero attached hydrogens (tertiary/aromatic N) is 3. The third-order valence-corrected chi connectivity index (χ3v) is 8.44. The van der Waals surface area contributed by atoms with Crippen molar-refractivity contribution in [2.45, 2.75) is 18.4 Å². The highest BCUT2D eigenvalue weighted by atomic mass is 32.2. The zero-order chi connectivity index (χ0) is 27.1. The number of aromatic nitrogens is 3. The topological polar surface area (TPSA) is 56.9 Å². The van der Waals surface area contributed by atoms with Crippen molar-refractivity contribution in [3.8, 4) is 33.8 Å². The Balaban J connectivity index is 1.59.